The monoisotopic (exact) mass is 313 g/mol. The van der Waals surface area contributed by atoms with Crippen LogP contribution in [0.4, 0.5) is 0 Å². The van der Waals surface area contributed by atoms with E-state index in [1.54, 1.807) is 0 Å². The van der Waals surface area contributed by atoms with Crippen molar-refractivity contribution in [3.05, 3.63) is 22.7 Å². The zero-order chi connectivity index (χ0) is 15.4. The zero-order valence-corrected chi connectivity index (χ0v) is 13.2. The van der Waals surface area contributed by atoms with Crippen LogP contribution in [0.2, 0.25) is 5.02 Å². The standard InChI is InChI=1S/C15H20ClNO4/c1-9(2)13(15(18)19-3)17-8-10-6-11(16)14-12(7-10)20-4-5-21-14/h6-7,9,13,17H,4-5,8H2,1-3H3. The first kappa shape index (κ1) is 15.9. The van der Waals surface area contributed by atoms with Crippen LogP contribution >= 0.6 is 11.6 Å². The molecular weight excluding hydrogens is 294 g/mol. The van der Waals surface area contributed by atoms with Gasteiger partial charge in [0, 0.05) is 6.54 Å². The van der Waals surface area contributed by atoms with E-state index in [0.717, 1.165) is 5.56 Å². The molecule has 1 aliphatic heterocycles. The Morgan fingerprint density at radius 3 is 2.76 bits per heavy atom. The number of fused-ring (bicyclic) bond motifs is 1. The summed E-state index contributed by atoms with van der Waals surface area (Å²) < 4.78 is 15.8. The van der Waals surface area contributed by atoms with E-state index >= 15 is 0 Å². The lowest BCUT2D eigenvalue weighted by Gasteiger charge is -2.22. The second kappa shape index (κ2) is 7.00. The fourth-order valence-corrected chi connectivity index (χ4v) is 2.50. The van der Waals surface area contributed by atoms with Crippen molar-refractivity contribution in [2.45, 2.75) is 26.4 Å². The molecular formula is C15H20ClNO4. The Morgan fingerprint density at radius 1 is 1.38 bits per heavy atom. The van der Waals surface area contributed by atoms with E-state index in [1.807, 2.05) is 26.0 Å². The van der Waals surface area contributed by atoms with E-state index in [9.17, 15) is 4.79 Å². The molecule has 0 saturated heterocycles. The van der Waals surface area contributed by atoms with Crippen molar-refractivity contribution in [3.63, 3.8) is 0 Å². The maximum absolute atomic E-state index is 11.7. The number of methoxy groups -OCH3 is 1. The fraction of sp³-hybridized carbons (Fsp3) is 0.533. The van der Waals surface area contributed by atoms with Crippen LogP contribution in [-0.2, 0) is 16.1 Å². The van der Waals surface area contributed by atoms with Crippen molar-refractivity contribution < 1.29 is 19.0 Å². The van der Waals surface area contributed by atoms with Crippen molar-refractivity contribution in [2.24, 2.45) is 5.92 Å². The number of hydrogen-bond acceptors (Lipinski definition) is 5. The minimum atomic E-state index is -0.359. The van der Waals surface area contributed by atoms with E-state index in [4.69, 9.17) is 25.8 Å². The lowest BCUT2D eigenvalue weighted by Crippen LogP contribution is -2.41. The van der Waals surface area contributed by atoms with Gasteiger partial charge in [0.15, 0.2) is 11.5 Å². The van der Waals surface area contributed by atoms with Gasteiger partial charge in [0.2, 0.25) is 0 Å². The molecule has 1 N–H and O–H groups in total. The van der Waals surface area contributed by atoms with Crippen LogP contribution in [0.5, 0.6) is 11.5 Å². The van der Waals surface area contributed by atoms with Crippen molar-refractivity contribution in [3.8, 4) is 11.5 Å². The molecule has 0 aromatic heterocycles. The van der Waals surface area contributed by atoms with Gasteiger partial charge in [-0.2, -0.15) is 0 Å². The summed E-state index contributed by atoms with van der Waals surface area (Å²) in [4.78, 5) is 11.7. The van der Waals surface area contributed by atoms with Gasteiger partial charge in [-0.3, -0.25) is 4.79 Å². The fourth-order valence-electron chi connectivity index (χ4n) is 2.21. The number of rotatable bonds is 5. The minimum Gasteiger partial charge on any atom is -0.486 e. The molecule has 0 radical (unpaired) electrons. The molecule has 1 aliphatic rings. The van der Waals surface area contributed by atoms with Crippen molar-refractivity contribution in [1.29, 1.82) is 0 Å². The van der Waals surface area contributed by atoms with Crippen LogP contribution in [-0.4, -0.2) is 32.3 Å². The third-order valence-electron chi connectivity index (χ3n) is 3.30. The van der Waals surface area contributed by atoms with Crippen molar-refractivity contribution in [2.75, 3.05) is 20.3 Å². The van der Waals surface area contributed by atoms with E-state index in [2.05, 4.69) is 5.32 Å². The van der Waals surface area contributed by atoms with Crippen molar-refractivity contribution in [1.82, 2.24) is 5.32 Å². The quantitative estimate of drug-likeness (QED) is 0.846. The van der Waals surface area contributed by atoms with Crippen LogP contribution in [0.25, 0.3) is 0 Å². The SMILES string of the molecule is COC(=O)C(NCc1cc(Cl)c2c(c1)OCCO2)C(C)C. The first-order chi connectivity index (χ1) is 10.0. The molecule has 0 saturated carbocycles. The number of halogens is 1. The summed E-state index contributed by atoms with van der Waals surface area (Å²) in [6.07, 6.45) is 0. The van der Waals surface area contributed by atoms with E-state index in [0.29, 0.717) is 36.3 Å². The third kappa shape index (κ3) is 3.80. The zero-order valence-electron chi connectivity index (χ0n) is 12.4. The summed E-state index contributed by atoms with van der Waals surface area (Å²) in [6.45, 7) is 5.43. The van der Waals surface area contributed by atoms with Crippen molar-refractivity contribution >= 4 is 17.6 Å². The molecule has 0 spiro atoms. The smallest absolute Gasteiger partial charge is 0.323 e. The molecule has 2 rings (SSSR count). The molecule has 1 aromatic carbocycles. The van der Waals surface area contributed by atoms with Crippen LogP contribution in [0.1, 0.15) is 19.4 Å². The maximum Gasteiger partial charge on any atom is 0.323 e. The van der Waals surface area contributed by atoms with Gasteiger partial charge in [-0.25, -0.2) is 0 Å². The second-order valence-electron chi connectivity index (χ2n) is 5.23. The Balaban J connectivity index is 2.09. The first-order valence-corrected chi connectivity index (χ1v) is 7.30. The molecule has 0 fully saturated rings. The Morgan fingerprint density at radius 2 is 2.10 bits per heavy atom. The van der Waals surface area contributed by atoms with Gasteiger partial charge in [-0.1, -0.05) is 25.4 Å². The summed E-state index contributed by atoms with van der Waals surface area (Å²) >= 11 is 6.19. The number of carbonyl (C=O) groups is 1. The highest BCUT2D eigenvalue weighted by atomic mass is 35.5. The molecule has 1 heterocycles. The normalized spacial score (nSPS) is 14.9. The highest BCUT2D eigenvalue weighted by Gasteiger charge is 2.23. The molecule has 0 amide bonds. The summed E-state index contributed by atoms with van der Waals surface area (Å²) in [6, 6.07) is 3.33. The van der Waals surface area contributed by atoms with Crippen LogP contribution < -0.4 is 14.8 Å². The maximum atomic E-state index is 11.7. The molecule has 6 heteroatoms. The molecule has 5 nitrogen and oxygen atoms in total. The molecule has 0 bridgehead atoms. The molecule has 1 atom stereocenters. The topological polar surface area (TPSA) is 56.8 Å². The second-order valence-corrected chi connectivity index (χ2v) is 5.63. The van der Waals surface area contributed by atoms with Gasteiger partial charge in [0.05, 0.1) is 12.1 Å². The third-order valence-corrected chi connectivity index (χ3v) is 3.59. The van der Waals surface area contributed by atoms with E-state index in [1.165, 1.54) is 7.11 Å². The Bertz CT molecular complexity index is 519. The average Bonchev–Trinajstić information content (AvgIpc) is 2.47. The predicted molar refractivity (Wildman–Crippen MR) is 79.9 cm³/mol. The van der Waals surface area contributed by atoms with Gasteiger partial charge < -0.3 is 19.5 Å². The van der Waals surface area contributed by atoms with Gasteiger partial charge in [-0.15, -0.1) is 0 Å². The molecule has 1 aromatic rings. The lowest BCUT2D eigenvalue weighted by molar-refractivity contribution is -0.144. The molecule has 0 aliphatic carbocycles. The number of nitrogens with one attached hydrogen (secondary N) is 1. The number of ether oxygens (including phenoxy) is 3. The van der Waals surface area contributed by atoms with Gasteiger partial charge in [-0.05, 0) is 23.6 Å². The van der Waals surface area contributed by atoms with Gasteiger partial charge >= 0.3 is 5.97 Å². The molecule has 116 valence electrons. The largest absolute Gasteiger partial charge is 0.486 e. The minimum absolute atomic E-state index is 0.130. The number of hydrogen-bond donors (Lipinski definition) is 1. The summed E-state index contributed by atoms with van der Waals surface area (Å²) in [5.74, 6) is 1.09. The predicted octanol–water partition coefficient (Wildman–Crippen LogP) is 2.40. The Labute approximate surface area is 129 Å². The summed E-state index contributed by atoms with van der Waals surface area (Å²) in [5, 5.41) is 3.71. The van der Waals surface area contributed by atoms with E-state index in [-0.39, 0.29) is 17.9 Å². The Hall–Kier alpha value is -1.46. The number of benzene rings is 1. The van der Waals surface area contributed by atoms with Gasteiger partial charge in [0.25, 0.3) is 0 Å². The highest BCUT2D eigenvalue weighted by molar-refractivity contribution is 6.32. The highest BCUT2D eigenvalue weighted by Crippen LogP contribution is 2.38. The van der Waals surface area contributed by atoms with Crippen LogP contribution in [0.15, 0.2) is 12.1 Å². The average molecular weight is 314 g/mol. The van der Waals surface area contributed by atoms with Crippen LogP contribution in [0, 0.1) is 5.92 Å². The molecule has 21 heavy (non-hydrogen) atoms. The van der Waals surface area contributed by atoms with Gasteiger partial charge in [0.1, 0.15) is 19.3 Å². The number of esters is 1. The first-order valence-electron chi connectivity index (χ1n) is 6.92. The summed E-state index contributed by atoms with van der Waals surface area (Å²) in [5.41, 5.74) is 0.929. The molecule has 1 unspecified atom stereocenters. The van der Waals surface area contributed by atoms with Crippen LogP contribution in [0.3, 0.4) is 0 Å². The van der Waals surface area contributed by atoms with E-state index < -0.39 is 0 Å². The summed E-state index contributed by atoms with van der Waals surface area (Å²) in [7, 11) is 1.39. The lowest BCUT2D eigenvalue weighted by atomic mass is 10.0. The Kier molecular flexibility index (Phi) is 5.31. The number of carbonyl (C=O) groups excluding carboxylic acids is 1.